The van der Waals surface area contributed by atoms with E-state index in [1.165, 1.54) is 12.1 Å². The third kappa shape index (κ3) is 3.60. The third-order valence-electron chi connectivity index (χ3n) is 5.02. The van der Waals surface area contributed by atoms with E-state index < -0.39 is 0 Å². The van der Waals surface area contributed by atoms with E-state index in [4.69, 9.17) is 4.98 Å². The van der Waals surface area contributed by atoms with Crippen molar-refractivity contribution < 1.29 is 9.18 Å². The van der Waals surface area contributed by atoms with Gasteiger partial charge in [-0.3, -0.25) is 14.9 Å². The third-order valence-corrected chi connectivity index (χ3v) is 5.02. The molecule has 1 aromatic carbocycles. The van der Waals surface area contributed by atoms with Gasteiger partial charge in [-0.15, -0.1) is 0 Å². The average molecular weight is 364 g/mol. The highest BCUT2D eigenvalue weighted by molar-refractivity contribution is 5.95. The molecule has 4 rings (SSSR count). The van der Waals surface area contributed by atoms with Gasteiger partial charge in [-0.05, 0) is 49.6 Å². The molecule has 5 nitrogen and oxygen atoms in total. The molecule has 0 saturated carbocycles. The molecule has 2 aromatic heterocycles. The number of carbonyl (C=O) groups excluding carboxylic acids is 1. The molecule has 0 aliphatic carbocycles. The van der Waals surface area contributed by atoms with E-state index in [-0.39, 0.29) is 17.8 Å². The summed E-state index contributed by atoms with van der Waals surface area (Å²) in [5, 5.41) is 6.79. The van der Waals surface area contributed by atoms with Crippen molar-refractivity contribution >= 4 is 5.91 Å². The number of pyridine rings is 1. The van der Waals surface area contributed by atoms with Crippen molar-refractivity contribution in [2.45, 2.75) is 32.2 Å². The summed E-state index contributed by atoms with van der Waals surface area (Å²) < 4.78 is 13.4. The number of nitrogens with zero attached hydrogens (tertiary/aromatic N) is 3. The van der Waals surface area contributed by atoms with Gasteiger partial charge in [-0.25, -0.2) is 4.39 Å². The van der Waals surface area contributed by atoms with Crippen LogP contribution in [0.4, 0.5) is 4.39 Å². The number of carbonyl (C=O) groups is 1. The fraction of sp³-hybridized carbons (Fsp3) is 0.286. The Bertz CT molecular complexity index is 968. The number of benzene rings is 1. The van der Waals surface area contributed by atoms with Gasteiger partial charge in [0.25, 0.3) is 5.91 Å². The molecule has 1 amide bonds. The zero-order valence-corrected chi connectivity index (χ0v) is 15.2. The SMILES string of the molecule is Cc1[nH]ncc1C(=O)N1CCCC1c1cccc(Cc2cccc(F)c2)n1. The van der Waals surface area contributed by atoms with Crippen LogP contribution >= 0.6 is 0 Å². The van der Waals surface area contributed by atoms with Gasteiger partial charge in [0.1, 0.15) is 5.82 Å². The fourth-order valence-corrected chi connectivity index (χ4v) is 3.68. The summed E-state index contributed by atoms with van der Waals surface area (Å²) in [6.45, 7) is 2.56. The van der Waals surface area contributed by atoms with Gasteiger partial charge < -0.3 is 4.90 Å². The van der Waals surface area contributed by atoms with Crippen molar-refractivity contribution in [3.05, 3.63) is 82.7 Å². The van der Waals surface area contributed by atoms with Crippen LogP contribution in [-0.4, -0.2) is 32.5 Å². The molecule has 1 N–H and O–H groups in total. The molecule has 6 heteroatoms. The Morgan fingerprint density at radius 3 is 2.93 bits per heavy atom. The van der Waals surface area contributed by atoms with Crippen LogP contribution in [0.3, 0.4) is 0 Å². The lowest BCUT2D eigenvalue weighted by atomic mass is 10.1. The Morgan fingerprint density at radius 1 is 1.30 bits per heavy atom. The number of halogens is 1. The van der Waals surface area contributed by atoms with E-state index in [1.54, 1.807) is 12.3 Å². The van der Waals surface area contributed by atoms with Crippen molar-refractivity contribution in [2.75, 3.05) is 6.54 Å². The van der Waals surface area contributed by atoms with Crippen LogP contribution < -0.4 is 0 Å². The van der Waals surface area contributed by atoms with Gasteiger partial charge in [0.05, 0.1) is 23.5 Å². The maximum atomic E-state index is 13.4. The molecule has 1 aliphatic rings. The van der Waals surface area contributed by atoms with Gasteiger partial charge in [-0.1, -0.05) is 18.2 Å². The number of nitrogens with one attached hydrogen (secondary N) is 1. The van der Waals surface area contributed by atoms with E-state index in [0.29, 0.717) is 18.5 Å². The second-order valence-corrected chi connectivity index (χ2v) is 6.93. The Morgan fingerprint density at radius 2 is 2.15 bits per heavy atom. The standard InChI is InChI=1S/C21H21FN4O/c1-14-18(13-23-25-14)21(27)26-10-4-9-20(26)19-8-3-7-17(24-19)12-15-5-2-6-16(22)11-15/h2-3,5-8,11,13,20H,4,9-10,12H2,1H3,(H,23,25). The van der Waals surface area contributed by atoms with Gasteiger partial charge in [0.2, 0.25) is 0 Å². The number of aromatic nitrogens is 3. The minimum Gasteiger partial charge on any atom is -0.330 e. The quantitative estimate of drug-likeness (QED) is 0.765. The Labute approximate surface area is 157 Å². The molecule has 0 radical (unpaired) electrons. The first kappa shape index (κ1) is 17.4. The zero-order chi connectivity index (χ0) is 18.8. The molecule has 3 heterocycles. The molecule has 1 aliphatic heterocycles. The molecular weight excluding hydrogens is 343 g/mol. The van der Waals surface area contributed by atoms with Crippen molar-refractivity contribution in [2.24, 2.45) is 0 Å². The van der Waals surface area contributed by atoms with E-state index in [2.05, 4.69) is 10.2 Å². The van der Waals surface area contributed by atoms with Gasteiger partial charge in [0, 0.05) is 24.4 Å². The Balaban J connectivity index is 1.57. The largest absolute Gasteiger partial charge is 0.330 e. The molecule has 1 saturated heterocycles. The lowest BCUT2D eigenvalue weighted by molar-refractivity contribution is 0.0732. The highest BCUT2D eigenvalue weighted by Gasteiger charge is 2.32. The number of amides is 1. The number of rotatable bonds is 4. The lowest BCUT2D eigenvalue weighted by Gasteiger charge is -2.24. The monoisotopic (exact) mass is 364 g/mol. The van der Waals surface area contributed by atoms with Crippen molar-refractivity contribution in [3.8, 4) is 0 Å². The Hall–Kier alpha value is -3.02. The Kier molecular flexibility index (Phi) is 4.71. The number of aryl methyl sites for hydroxylation is 1. The summed E-state index contributed by atoms with van der Waals surface area (Å²) in [7, 11) is 0. The number of H-pyrrole nitrogens is 1. The predicted molar refractivity (Wildman–Crippen MR) is 99.8 cm³/mol. The molecule has 1 fully saturated rings. The van der Waals surface area contributed by atoms with Crippen LogP contribution in [0.25, 0.3) is 0 Å². The topological polar surface area (TPSA) is 61.9 Å². The second-order valence-electron chi connectivity index (χ2n) is 6.93. The molecular formula is C21H21FN4O. The normalized spacial score (nSPS) is 16.7. The molecule has 138 valence electrons. The van der Waals surface area contributed by atoms with Crippen molar-refractivity contribution in [1.82, 2.24) is 20.1 Å². The van der Waals surface area contributed by atoms with Gasteiger partial charge >= 0.3 is 0 Å². The molecule has 0 bridgehead atoms. The first-order valence-corrected chi connectivity index (χ1v) is 9.13. The molecule has 0 spiro atoms. The van der Waals surface area contributed by atoms with Gasteiger partial charge in [-0.2, -0.15) is 5.10 Å². The van der Waals surface area contributed by atoms with E-state index in [1.807, 2.05) is 36.1 Å². The highest BCUT2D eigenvalue weighted by Crippen LogP contribution is 2.32. The van der Waals surface area contributed by atoms with E-state index in [9.17, 15) is 9.18 Å². The van der Waals surface area contributed by atoms with Crippen LogP contribution in [0, 0.1) is 12.7 Å². The summed E-state index contributed by atoms with van der Waals surface area (Å²) in [6.07, 6.45) is 3.98. The maximum absolute atomic E-state index is 13.4. The number of likely N-dealkylation sites (tertiary alicyclic amines) is 1. The lowest BCUT2D eigenvalue weighted by Crippen LogP contribution is -2.31. The van der Waals surface area contributed by atoms with Crippen LogP contribution in [0.2, 0.25) is 0 Å². The molecule has 1 atom stereocenters. The molecule has 3 aromatic rings. The van der Waals surface area contributed by atoms with E-state index in [0.717, 1.165) is 35.5 Å². The first-order valence-electron chi connectivity index (χ1n) is 9.13. The fourth-order valence-electron chi connectivity index (χ4n) is 3.68. The summed E-state index contributed by atoms with van der Waals surface area (Å²) >= 11 is 0. The van der Waals surface area contributed by atoms with Crippen LogP contribution in [0.15, 0.2) is 48.7 Å². The average Bonchev–Trinajstić information content (AvgIpc) is 3.30. The maximum Gasteiger partial charge on any atom is 0.257 e. The number of hydrogen-bond donors (Lipinski definition) is 1. The van der Waals surface area contributed by atoms with E-state index >= 15 is 0 Å². The predicted octanol–water partition coefficient (Wildman–Crippen LogP) is 3.82. The smallest absolute Gasteiger partial charge is 0.257 e. The number of aromatic amines is 1. The van der Waals surface area contributed by atoms with Crippen molar-refractivity contribution in [1.29, 1.82) is 0 Å². The number of hydrogen-bond acceptors (Lipinski definition) is 3. The first-order chi connectivity index (χ1) is 13.1. The highest BCUT2D eigenvalue weighted by atomic mass is 19.1. The van der Waals surface area contributed by atoms with Crippen molar-refractivity contribution in [3.63, 3.8) is 0 Å². The summed E-state index contributed by atoms with van der Waals surface area (Å²) in [6, 6.07) is 12.4. The summed E-state index contributed by atoms with van der Waals surface area (Å²) in [5.74, 6) is -0.257. The van der Waals surface area contributed by atoms with Crippen LogP contribution in [0.5, 0.6) is 0 Å². The summed E-state index contributed by atoms with van der Waals surface area (Å²) in [4.78, 5) is 19.6. The minimum atomic E-state index is -0.244. The van der Waals surface area contributed by atoms with Crippen LogP contribution in [-0.2, 0) is 6.42 Å². The molecule has 27 heavy (non-hydrogen) atoms. The van der Waals surface area contributed by atoms with Gasteiger partial charge in [0.15, 0.2) is 0 Å². The zero-order valence-electron chi connectivity index (χ0n) is 15.2. The minimum absolute atomic E-state index is 0.0129. The molecule has 1 unspecified atom stereocenters. The second kappa shape index (κ2) is 7.31. The van der Waals surface area contributed by atoms with Crippen LogP contribution in [0.1, 0.15) is 51.9 Å². The summed E-state index contributed by atoms with van der Waals surface area (Å²) in [5.41, 5.74) is 4.03.